The zero-order valence-electron chi connectivity index (χ0n) is 12.8. The molecule has 0 bridgehead atoms. The van der Waals surface area contributed by atoms with Crippen molar-refractivity contribution in [1.82, 2.24) is 0 Å². The molecule has 0 saturated heterocycles. The molecule has 3 heteroatoms. The number of anilines is 1. The maximum atomic E-state index is 12.4. The molecular weight excluding hydrogens is 286 g/mol. The van der Waals surface area contributed by atoms with Gasteiger partial charge in [-0.25, -0.2) is 0 Å². The van der Waals surface area contributed by atoms with Crippen LogP contribution in [0, 0.1) is 0 Å². The first-order chi connectivity index (χ1) is 11.3. The Labute approximate surface area is 135 Å². The second kappa shape index (κ2) is 6.79. The molecule has 0 heterocycles. The summed E-state index contributed by atoms with van der Waals surface area (Å²) in [6.45, 7) is 0. The molecule has 1 amide bonds. The van der Waals surface area contributed by atoms with Crippen LogP contribution in [0.1, 0.15) is 10.4 Å². The van der Waals surface area contributed by atoms with E-state index in [1.807, 2.05) is 54.6 Å². The minimum Gasteiger partial charge on any atom is -0.496 e. The number of nitrogens with one attached hydrogen (secondary N) is 1. The molecule has 0 aliphatic rings. The quantitative estimate of drug-likeness (QED) is 0.764. The first-order valence-electron chi connectivity index (χ1n) is 7.38. The minimum absolute atomic E-state index is 0.185. The summed E-state index contributed by atoms with van der Waals surface area (Å²) in [5.74, 6) is 0.376. The molecule has 1 N–H and O–H groups in total. The van der Waals surface area contributed by atoms with Gasteiger partial charge in [0.25, 0.3) is 5.91 Å². The number of para-hydroxylation sites is 1. The highest BCUT2D eigenvalue weighted by molar-refractivity contribution is 6.06. The first-order valence-corrected chi connectivity index (χ1v) is 7.38. The van der Waals surface area contributed by atoms with E-state index in [1.54, 1.807) is 19.2 Å². The summed E-state index contributed by atoms with van der Waals surface area (Å²) in [4.78, 5) is 12.4. The monoisotopic (exact) mass is 303 g/mol. The summed E-state index contributed by atoms with van der Waals surface area (Å²) in [5.41, 5.74) is 3.53. The predicted molar refractivity (Wildman–Crippen MR) is 92.8 cm³/mol. The van der Waals surface area contributed by atoms with E-state index < -0.39 is 0 Å². The molecular formula is C20H17NO2. The maximum absolute atomic E-state index is 12.4. The molecule has 3 aromatic rings. The van der Waals surface area contributed by atoms with Crippen molar-refractivity contribution >= 4 is 11.6 Å². The van der Waals surface area contributed by atoms with Gasteiger partial charge in [-0.2, -0.15) is 0 Å². The van der Waals surface area contributed by atoms with E-state index in [0.29, 0.717) is 11.3 Å². The molecule has 3 nitrogen and oxygen atoms in total. The van der Waals surface area contributed by atoms with Gasteiger partial charge in [-0.3, -0.25) is 4.79 Å². The maximum Gasteiger partial charge on any atom is 0.259 e. The van der Waals surface area contributed by atoms with Crippen molar-refractivity contribution in [3.63, 3.8) is 0 Å². The molecule has 0 spiro atoms. The second-order valence-corrected chi connectivity index (χ2v) is 5.10. The number of carbonyl (C=O) groups is 1. The van der Waals surface area contributed by atoms with Crippen LogP contribution in [-0.4, -0.2) is 13.0 Å². The van der Waals surface area contributed by atoms with Crippen molar-refractivity contribution in [2.45, 2.75) is 0 Å². The fourth-order valence-electron chi connectivity index (χ4n) is 2.41. The van der Waals surface area contributed by atoms with E-state index in [2.05, 4.69) is 17.4 Å². The Bertz CT molecular complexity index is 795. The molecule has 0 atom stereocenters. The Kier molecular flexibility index (Phi) is 4.39. The summed E-state index contributed by atoms with van der Waals surface area (Å²) >= 11 is 0. The third-order valence-corrected chi connectivity index (χ3v) is 3.60. The van der Waals surface area contributed by atoms with E-state index in [4.69, 9.17) is 4.74 Å². The van der Waals surface area contributed by atoms with Crippen molar-refractivity contribution < 1.29 is 9.53 Å². The van der Waals surface area contributed by atoms with Gasteiger partial charge in [-0.1, -0.05) is 54.6 Å². The highest BCUT2D eigenvalue weighted by atomic mass is 16.5. The molecule has 0 unspecified atom stereocenters. The predicted octanol–water partition coefficient (Wildman–Crippen LogP) is 4.61. The van der Waals surface area contributed by atoms with Crippen molar-refractivity contribution in [3.8, 4) is 16.9 Å². The topological polar surface area (TPSA) is 38.3 Å². The van der Waals surface area contributed by atoms with Gasteiger partial charge >= 0.3 is 0 Å². The third-order valence-electron chi connectivity index (χ3n) is 3.60. The van der Waals surface area contributed by atoms with Crippen molar-refractivity contribution in [2.24, 2.45) is 0 Å². The van der Waals surface area contributed by atoms with Crippen molar-refractivity contribution in [1.29, 1.82) is 0 Å². The Morgan fingerprint density at radius 1 is 0.783 bits per heavy atom. The number of amides is 1. The van der Waals surface area contributed by atoms with Crippen LogP contribution in [0.25, 0.3) is 11.1 Å². The number of benzene rings is 3. The van der Waals surface area contributed by atoms with Crippen LogP contribution in [0.3, 0.4) is 0 Å². The van der Waals surface area contributed by atoms with Gasteiger partial charge in [0.2, 0.25) is 0 Å². The summed E-state index contributed by atoms with van der Waals surface area (Å²) in [7, 11) is 1.56. The zero-order chi connectivity index (χ0) is 16.1. The Morgan fingerprint density at radius 2 is 1.39 bits per heavy atom. The molecule has 0 saturated carbocycles. The van der Waals surface area contributed by atoms with Gasteiger partial charge in [0.15, 0.2) is 0 Å². The highest BCUT2D eigenvalue weighted by Gasteiger charge is 2.11. The van der Waals surface area contributed by atoms with Crippen LogP contribution >= 0.6 is 0 Å². The Hall–Kier alpha value is -3.07. The fraction of sp³-hybridized carbons (Fsp3) is 0.0500. The number of methoxy groups -OCH3 is 1. The fourth-order valence-corrected chi connectivity index (χ4v) is 2.41. The van der Waals surface area contributed by atoms with Crippen LogP contribution < -0.4 is 10.1 Å². The third kappa shape index (κ3) is 3.40. The zero-order valence-corrected chi connectivity index (χ0v) is 12.8. The van der Waals surface area contributed by atoms with Gasteiger partial charge in [0.05, 0.1) is 12.7 Å². The molecule has 3 aromatic carbocycles. The van der Waals surface area contributed by atoms with Gasteiger partial charge in [0, 0.05) is 5.69 Å². The number of carbonyl (C=O) groups excluding carboxylic acids is 1. The van der Waals surface area contributed by atoms with Crippen LogP contribution in [0.4, 0.5) is 5.69 Å². The van der Waals surface area contributed by atoms with E-state index >= 15 is 0 Å². The molecule has 23 heavy (non-hydrogen) atoms. The minimum atomic E-state index is -0.185. The first kappa shape index (κ1) is 14.9. The SMILES string of the molecule is COc1ccccc1C(=O)Nc1ccc(-c2ccccc2)cc1. The van der Waals surface area contributed by atoms with E-state index in [0.717, 1.165) is 16.8 Å². The second-order valence-electron chi connectivity index (χ2n) is 5.10. The van der Waals surface area contributed by atoms with Gasteiger partial charge in [0.1, 0.15) is 5.75 Å². The lowest BCUT2D eigenvalue weighted by molar-refractivity contribution is 0.102. The summed E-state index contributed by atoms with van der Waals surface area (Å²) in [6.07, 6.45) is 0. The van der Waals surface area contributed by atoms with Crippen LogP contribution in [-0.2, 0) is 0 Å². The van der Waals surface area contributed by atoms with Crippen molar-refractivity contribution in [2.75, 3.05) is 12.4 Å². The lowest BCUT2D eigenvalue weighted by Crippen LogP contribution is -2.12. The molecule has 3 rings (SSSR count). The molecule has 0 aliphatic carbocycles. The standard InChI is InChI=1S/C20H17NO2/c1-23-19-10-6-5-9-18(19)20(22)21-17-13-11-16(12-14-17)15-7-3-2-4-8-15/h2-14H,1H3,(H,21,22). The largest absolute Gasteiger partial charge is 0.496 e. The van der Waals surface area contributed by atoms with Crippen LogP contribution in [0.5, 0.6) is 5.75 Å². The number of ether oxygens (including phenoxy) is 1. The number of hydrogen-bond donors (Lipinski definition) is 1. The van der Waals surface area contributed by atoms with E-state index in [1.165, 1.54) is 0 Å². The van der Waals surface area contributed by atoms with Crippen molar-refractivity contribution in [3.05, 3.63) is 84.4 Å². The van der Waals surface area contributed by atoms with Gasteiger partial charge in [-0.15, -0.1) is 0 Å². The highest BCUT2D eigenvalue weighted by Crippen LogP contribution is 2.22. The lowest BCUT2D eigenvalue weighted by Gasteiger charge is -2.09. The normalized spacial score (nSPS) is 10.1. The Morgan fingerprint density at radius 3 is 2.09 bits per heavy atom. The molecule has 114 valence electrons. The van der Waals surface area contributed by atoms with Gasteiger partial charge < -0.3 is 10.1 Å². The average molecular weight is 303 g/mol. The summed E-state index contributed by atoms with van der Waals surface area (Å²) < 4.78 is 5.22. The van der Waals surface area contributed by atoms with Gasteiger partial charge in [-0.05, 0) is 35.4 Å². The summed E-state index contributed by atoms with van der Waals surface area (Å²) in [6, 6.07) is 25.1. The number of rotatable bonds is 4. The lowest BCUT2D eigenvalue weighted by atomic mass is 10.1. The molecule has 0 aliphatic heterocycles. The average Bonchev–Trinajstić information content (AvgIpc) is 2.63. The smallest absolute Gasteiger partial charge is 0.259 e. The Balaban J connectivity index is 1.77. The molecule has 0 aromatic heterocycles. The van der Waals surface area contributed by atoms with Crippen LogP contribution in [0.15, 0.2) is 78.9 Å². The summed E-state index contributed by atoms with van der Waals surface area (Å²) in [5, 5.41) is 2.89. The molecule has 0 fully saturated rings. The number of hydrogen-bond acceptors (Lipinski definition) is 2. The van der Waals surface area contributed by atoms with E-state index in [9.17, 15) is 4.79 Å². The van der Waals surface area contributed by atoms with E-state index in [-0.39, 0.29) is 5.91 Å². The van der Waals surface area contributed by atoms with Crippen LogP contribution in [0.2, 0.25) is 0 Å². The molecule has 0 radical (unpaired) electrons.